The molecule has 2 nitrogen and oxygen atoms in total. The van der Waals surface area contributed by atoms with Gasteiger partial charge in [-0.15, -0.1) is 0 Å². The zero-order chi connectivity index (χ0) is 5.98. The summed E-state index contributed by atoms with van der Waals surface area (Å²) in [4.78, 5) is 3.67. The van der Waals surface area contributed by atoms with E-state index in [0.717, 1.165) is 0 Å². The van der Waals surface area contributed by atoms with Gasteiger partial charge < -0.3 is 4.57 Å². The molecule has 0 saturated carbocycles. The van der Waals surface area contributed by atoms with E-state index in [1.807, 2.05) is 0 Å². The van der Waals surface area contributed by atoms with Crippen LogP contribution in [0.1, 0.15) is 5.82 Å². The van der Waals surface area contributed by atoms with Crippen LogP contribution in [0.4, 0.5) is 4.39 Å². The first-order chi connectivity index (χ1) is 3.84. The Morgan fingerprint density at radius 1 is 2.00 bits per heavy atom. The quantitative estimate of drug-likeness (QED) is 0.524. The lowest BCUT2D eigenvalue weighted by Gasteiger charge is -1.90. The summed E-state index contributed by atoms with van der Waals surface area (Å²) >= 11 is 0. The molecule has 0 spiro atoms. The van der Waals surface area contributed by atoms with Crippen LogP contribution in [-0.4, -0.2) is 9.55 Å². The van der Waals surface area contributed by atoms with E-state index in [-0.39, 0.29) is 0 Å². The molecule has 3 heteroatoms. The zero-order valence-corrected chi connectivity index (χ0v) is 4.56. The van der Waals surface area contributed by atoms with Crippen LogP contribution < -0.4 is 0 Å². The molecule has 0 N–H and O–H groups in total. The second kappa shape index (κ2) is 1.94. The summed E-state index contributed by atoms with van der Waals surface area (Å²) in [7, 11) is 1.71. The first-order valence-electron chi connectivity index (χ1n) is 2.29. The molecule has 1 aromatic rings. The molecular weight excluding hydrogens is 107 g/mol. The van der Waals surface area contributed by atoms with E-state index in [1.54, 1.807) is 7.05 Å². The predicted molar refractivity (Wildman–Crippen MR) is 26.9 cm³/mol. The number of aryl methyl sites for hydroxylation is 1. The van der Waals surface area contributed by atoms with E-state index < -0.39 is 6.67 Å². The van der Waals surface area contributed by atoms with Gasteiger partial charge in [-0.2, -0.15) is 0 Å². The highest BCUT2D eigenvalue weighted by molar-refractivity contribution is 4.86. The molecule has 0 atom stereocenters. The Morgan fingerprint density at radius 2 is 2.75 bits per heavy atom. The number of alkyl halides is 1. The van der Waals surface area contributed by atoms with Crippen LogP contribution >= 0.6 is 0 Å². The lowest BCUT2D eigenvalue weighted by Crippen LogP contribution is -1.92. The highest BCUT2D eigenvalue weighted by Gasteiger charge is 1.94. The fourth-order valence-corrected chi connectivity index (χ4v) is 0.475. The van der Waals surface area contributed by atoms with Crippen LogP contribution in [0.25, 0.3) is 0 Å². The van der Waals surface area contributed by atoms with Crippen molar-refractivity contribution in [1.82, 2.24) is 9.55 Å². The molecule has 0 aliphatic carbocycles. The largest absolute Gasteiger partial charge is 0.328 e. The summed E-state index contributed by atoms with van der Waals surface area (Å²) in [6.07, 6.45) is 4.14. The van der Waals surface area contributed by atoms with Gasteiger partial charge in [-0.05, 0) is 0 Å². The molecule has 1 aromatic heterocycles. The van der Waals surface area contributed by atoms with Crippen molar-refractivity contribution in [3.05, 3.63) is 18.2 Å². The molecule has 1 radical (unpaired) electrons. The maximum atomic E-state index is 11.7. The fourth-order valence-electron chi connectivity index (χ4n) is 0.475. The maximum Gasteiger partial charge on any atom is 0.147 e. The van der Waals surface area contributed by atoms with E-state index in [9.17, 15) is 4.39 Å². The van der Waals surface area contributed by atoms with Crippen molar-refractivity contribution < 1.29 is 4.39 Å². The topological polar surface area (TPSA) is 17.8 Å². The average molecular weight is 113 g/mol. The van der Waals surface area contributed by atoms with Crippen molar-refractivity contribution >= 4 is 0 Å². The molecule has 0 aromatic carbocycles. The van der Waals surface area contributed by atoms with Crippen LogP contribution in [0.3, 0.4) is 0 Å². The number of hydrogen-bond acceptors (Lipinski definition) is 1. The molecule has 1 heterocycles. The van der Waals surface area contributed by atoms with E-state index in [1.165, 1.54) is 10.8 Å². The molecule has 0 saturated heterocycles. The summed E-state index contributed by atoms with van der Waals surface area (Å²) in [6, 6.07) is 0. The van der Waals surface area contributed by atoms with Gasteiger partial charge in [0.15, 0.2) is 0 Å². The van der Waals surface area contributed by atoms with E-state index in [4.69, 9.17) is 0 Å². The fraction of sp³-hybridized carbons (Fsp3) is 0.400. The first-order valence-corrected chi connectivity index (χ1v) is 2.29. The van der Waals surface area contributed by atoms with Gasteiger partial charge in [0.1, 0.15) is 12.5 Å². The average Bonchev–Trinajstić information content (AvgIpc) is 2.14. The monoisotopic (exact) mass is 113 g/mol. The van der Waals surface area contributed by atoms with Gasteiger partial charge in [0.05, 0.1) is 12.4 Å². The smallest absolute Gasteiger partial charge is 0.147 e. The lowest BCUT2D eigenvalue weighted by atomic mass is 10.7. The first kappa shape index (κ1) is 5.28. The SMILES string of the molecule is Cn1[c]cnc1CF. The number of imidazole rings is 1. The molecule has 1 rings (SSSR count). The minimum absolute atomic E-state index is 0.421. The van der Waals surface area contributed by atoms with E-state index >= 15 is 0 Å². The highest BCUT2D eigenvalue weighted by Crippen LogP contribution is 1.93. The molecule has 0 aliphatic rings. The van der Waals surface area contributed by atoms with Gasteiger partial charge in [-0.3, -0.25) is 0 Å². The normalized spacial score (nSPS) is 9.75. The van der Waals surface area contributed by atoms with Crippen molar-refractivity contribution in [2.24, 2.45) is 7.05 Å². The third-order valence-electron chi connectivity index (χ3n) is 0.972. The molecule has 0 aliphatic heterocycles. The minimum Gasteiger partial charge on any atom is -0.328 e. The second-order valence-corrected chi connectivity index (χ2v) is 1.50. The Labute approximate surface area is 47.0 Å². The third kappa shape index (κ3) is 0.710. The van der Waals surface area contributed by atoms with Crippen LogP contribution in [0.5, 0.6) is 0 Å². The molecule has 0 unspecified atom stereocenters. The number of halogens is 1. The molecule has 8 heavy (non-hydrogen) atoms. The molecular formula is C5H6FN2. The Bertz CT molecular complexity index is 171. The molecule has 0 fully saturated rings. The Hall–Kier alpha value is -0.860. The van der Waals surface area contributed by atoms with Gasteiger partial charge in [0, 0.05) is 7.05 Å². The predicted octanol–water partition coefficient (Wildman–Crippen LogP) is 0.690. The van der Waals surface area contributed by atoms with Gasteiger partial charge >= 0.3 is 0 Å². The number of nitrogens with zero attached hydrogens (tertiary/aromatic N) is 2. The van der Waals surface area contributed by atoms with Gasteiger partial charge in [-0.25, -0.2) is 9.37 Å². The van der Waals surface area contributed by atoms with Gasteiger partial charge in [0.2, 0.25) is 0 Å². The summed E-state index contributed by atoms with van der Waals surface area (Å²) in [6.45, 7) is -0.514. The van der Waals surface area contributed by atoms with Crippen LogP contribution in [0.2, 0.25) is 0 Å². The number of aromatic nitrogens is 2. The number of hydrogen-bond donors (Lipinski definition) is 0. The van der Waals surface area contributed by atoms with Gasteiger partial charge in [0.25, 0.3) is 0 Å². The van der Waals surface area contributed by atoms with Crippen molar-refractivity contribution in [3.8, 4) is 0 Å². The van der Waals surface area contributed by atoms with Crippen molar-refractivity contribution in [3.63, 3.8) is 0 Å². The van der Waals surface area contributed by atoms with Gasteiger partial charge in [-0.1, -0.05) is 0 Å². The van der Waals surface area contributed by atoms with Crippen LogP contribution in [0, 0.1) is 6.20 Å². The summed E-state index contributed by atoms with van der Waals surface area (Å²) in [5, 5.41) is 0. The number of rotatable bonds is 1. The Morgan fingerprint density at radius 3 is 3.00 bits per heavy atom. The maximum absolute atomic E-state index is 11.7. The second-order valence-electron chi connectivity index (χ2n) is 1.50. The Balaban J connectivity index is 2.92. The Kier molecular flexibility index (Phi) is 1.28. The van der Waals surface area contributed by atoms with Crippen molar-refractivity contribution in [2.75, 3.05) is 0 Å². The van der Waals surface area contributed by atoms with E-state index in [2.05, 4.69) is 11.2 Å². The minimum atomic E-state index is -0.514. The molecule has 0 bridgehead atoms. The van der Waals surface area contributed by atoms with Crippen LogP contribution in [0.15, 0.2) is 6.20 Å². The summed E-state index contributed by atoms with van der Waals surface area (Å²) < 4.78 is 13.2. The highest BCUT2D eigenvalue weighted by atomic mass is 19.1. The zero-order valence-electron chi connectivity index (χ0n) is 4.56. The standard InChI is InChI=1S/C5H6FN2/c1-8-3-2-7-5(8)4-6/h2H,4H2,1H3. The molecule has 43 valence electrons. The lowest BCUT2D eigenvalue weighted by molar-refractivity contribution is 0.455. The third-order valence-corrected chi connectivity index (χ3v) is 0.972. The van der Waals surface area contributed by atoms with Crippen molar-refractivity contribution in [1.29, 1.82) is 0 Å². The van der Waals surface area contributed by atoms with E-state index in [0.29, 0.717) is 5.82 Å². The van der Waals surface area contributed by atoms with Crippen molar-refractivity contribution in [2.45, 2.75) is 6.67 Å². The summed E-state index contributed by atoms with van der Waals surface area (Å²) in [5.74, 6) is 0.421. The van der Waals surface area contributed by atoms with Crippen LogP contribution in [-0.2, 0) is 13.7 Å². The summed E-state index contributed by atoms with van der Waals surface area (Å²) in [5.41, 5.74) is 0. The molecule has 0 amide bonds.